The Hall–Kier alpha value is -1.38. The van der Waals surface area contributed by atoms with Crippen LogP contribution in [-0.2, 0) is 6.42 Å². The smallest absolute Gasteiger partial charge is 0.203 e. The van der Waals surface area contributed by atoms with Crippen LogP contribution in [0.4, 0.5) is 0 Å². The Balaban J connectivity index is 2.36. The van der Waals surface area contributed by atoms with E-state index >= 15 is 0 Å². The first-order valence-corrected chi connectivity index (χ1v) is 46.3. The lowest BCUT2D eigenvalue weighted by Crippen LogP contribution is -2.07. The van der Waals surface area contributed by atoms with E-state index < -0.39 is 0 Å². The van der Waals surface area contributed by atoms with E-state index in [1.165, 1.54) is 500 Å². The first kappa shape index (κ1) is 93.6. The largest absolute Gasteiger partial charge is 0.490 e. The molecule has 0 aliphatic carbocycles. The van der Waals surface area contributed by atoms with Gasteiger partial charge in [0.1, 0.15) is 0 Å². The van der Waals surface area contributed by atoms with Crippen LogP contribution in [0.3, 0.4) is 0 Å². The highest BCUT2D eigenvalue weighted by atomic mass is 16.5. The van der Waals surface area contributed by atoms with Gasteiger partial charge in [0.25, 0.3) is 0 Å². The predicted molar refractivity (Wildman–Crippen MR) is 439 cm³/mol. The maximum atomic E-state index is 6.76. The molecule has 3 nitrogen and oxygen atoms in total. The van der Waals surface area contributed by atoms with Gasteiger partial charge < -0.3 is 14.2 Å². The quantitative estimate of drug-likeness (QED) is 0.0609. The summed E-state index contributed by atoms with van der Waals surface area (Å²) in [4.78, 5) is 0. The summed E-state index contributed by atoms with van der Waals surface area (Å²) in [5.41, 5.74) is 1.34. The van der Waals surface area contributed by atoms with Gasteiger partial charge in [0.05, 0.1) is 19.8 Å². The molecule has 0 bridgehead atoms. The van der Waals surface area contributed by atoms with E-state index in [4.69, 9.17) is 14.2 Å². The number of hydrogen-bond donors (Lipinski definition) is 0. The number of ether oxygens (including phenoxy) is 3. The molecule has 3 heteroatoms. The van der Waals surface area contributed by atoms with Gasteiger partial charge in [-0.1, -0.05) is 516 Å². The number of hydrogen-bond acceptors (Lipinski definition) is 3. The summed E-state index contributed by atoms with van der Waals surface area (Å²) in [6, 6.07) is 4.61. The fraction of sp³-hybridized carbons (Fsp3) is 0.936. The van der Waals surface area contributed by atoms with E-state index in [0.717, 1.165) is 62.8 Å². The van der Waals surface area contributed by atoms with E-state index in [0.29, 0.717) is 0 Å². The predicted octanol–water partition coefficient (Wildman–Crippen LogP) is 34.7. The average Bonchev–Trinajstić information content (AvgIpc) is 0.847. The minimum atomic E-state index is 0.749. The van der Waals surface area contributed by atoms with Crippen LogP contribution < -0.4 is 14.2 Å². The molecule has 0 unspecified atom stereocenters. The van der Waals surface area contributed by atoms with Crippen molar-refractivity contribution in [3.8, 4) is 17.2 Å². The second-order valence-corrected chi connectivity index (χ2v) is 32.1. The van der Waals surface area contributed by atoms with Gasteiger partial charge in [-0.15, -0.1) is 0 Å². The van der Waals surface area contributed by atoms with Gasteiger partial charge in [-0.2, -0.15) is 0 Å². The lowest BCUT2D eigenvalue weighted by Gasteiger charge is -2.19. The van der Waals surface area contributed by atoms with Gasteiger partial charge in [-0.25, -0.2) is 0 Å². The van der Waals surface area contributed by atoms with Crippen molar-refractivity contribution in [3.05, 3.63) is 17.7 Å². The minimum Gasteiger partial charge on any atom is -0.490 e. The first-order valence-electron chi connectivity index (χ1n) is 46.3. The van der Waals surface area contributed by atoms with Crippen LogP contribution in [-0.4, -0.2) is 19.8 Å². The molecule has 0 radical (unpaired) electrons. The molecule has 1 aromatic carbocycles. The topological polar surface area (TPSA) is 27.7 Å². The molecule has 576 valence electrons. The summed E-state index contributed by atoms with van der Waals surface area (Å²) in [7, 11) is 0. The van der Waals surface area contributed by atoms with E-state index in [-0.39, 0.29) is 0 Å². The fourth-order valence-corrected chi connectivity index (χ4v) is 15.3. The monoisotopic (exact) mass is 1360 g/mol. The number of benzene rings is 1. The van der Waals surface area contributed by atoms with Crippen molar-refractivity contribution in [2.45, 2.75) is 548 Å². The summed E-state index contributed by atoms with van der Waals surface area (Å²) in [6.07, 6.45) is 115. The highest BCUT2D eigenvalue weighted by Crippen LogP contribution is 2.40. The molecular formula is C94H182O3. The van der Waals surface area contributed by atoms with Crippen LogP contribution in [0, 0.1) is 0 Å². The van der Waals surface area contributed by atoms with Crippen molar-refractivity contribution in [2.24, 2.45) is 0 Å². The van der Waals surface area contributed by atoms with Crippen LogP contribution in [0.15, 0.2) is 12.1 Å². The molecule has 0 atom stereocenters. The third kappa shape index (κ3) is 72.8. The van der Waals surface area contributed by atoms with E-state index in [1.807, 2.05) is 0 Å². The first-order chi connectivity index (χ1) is 48.3. The van der Waals surface area contributed by atoms with Crippen molar-refractivity contribution >= 4 is 0 Å². The normalized spacial score (nSPS) is 11.7. The minimum absolute atomic E-state index is 0.749. The van der Waals surface area contributed by atoms with Crippen LogP contribution in [0.25, 0.3) is 0 Å². The highest BCUT2D eigenvalue weighted by Gasteiger charge is 2.17. The molecule has 97 heavy (non-hydrogen) atoms. The van der Waals surface area contributed by atoms with E-state index in [2.05, 4.69) is 39.8 Å². The summed E-state index contributed by atoms with van der Waals surface area (Å²) < 4.78 is 20.2. The molecule has 0 fully saturated rings. The van der Waals surface area contributed by atoms with Crippen LogP contribution in [0.5, 0.6) is 17.2 Å². The van der Waals surface area contributed by atoms with E-state index in [9.17, 15) is 0 Å². The summed E-state index contributed by atoms with van der Waals surface area (Å²) in [5, 5.41) is 0. The third-order valence-electron chi connectivity index (χ3n) is 22.2. The SMILES string of the molecule is CCCCCCCCCCCCCCCCCCCCCCCCCCCCOc1cc(CCCC)cc(OCCCCCCCCCCCCCCCCCCCCCCCCCCCC)c1OCCCCCCCCCCCCCCCCCCCCCCCCCCCC. The molecule has 0 amide bonds. The maximum Gasteiger partial charge on any atom is 0.203 e. The molecule has 0 saturated heterocycles. The average molecular weight is 1360 g/mol. The van der Waals surface area contributed by atoms with Gasteiger partial charge in [0.2, 0.25) is 5.75 Å². The Labute approximate surface area is 613 Å². The lowest BCUT2D eigenvalue weighted by atomic mass is 10.0. The summed E-state index contributed by atoms with van der Waals surface area (Å²) in [6.45, 7) is 11.5. The highest BCUT2D eigenvalue weighted by molar-refractivity contribution is 5.54. The summed E-state index contributed by atoms with van der Waals surface area (Å²) in [5.74, 6) is 2.75. The van der Waals surface area contributed by atoms with Gasteiger partial charge in [0, 0.05) is 0 Å². The number of unbranched alkanes of at least 4 members (excludes halogenated alkanes) is 76. The Bertz CT molecular complexity index is 1490. The molecule has 0 aliphatic heterocycles. The number of aryl methyl sites for hydroxylation is 1. The molecule has 0 heterocycles. The van der Waals surface area contributed by atoms with Crippen LogP contribution >= 0.6 is 0 Å². The van der Waals surface area contributed by atoms with Gasteiger partial charge >= 0.3 is 0 Å². The van der Waals surface area contributed by atoms with E-state index in [1.54, 1.807) is 0 Å². The van der Waals surface area contributed by atoms with Crippen molar-refractivity contribution < 1.29 is 14.2 Å². The molecule has 1 rings (SSSR count). The molecule has 1 aromatic rings. The molecule has 0 N–H and O–H groups in total. The molecular weight excluding hydrogens is 1180 g/mol. The van der Waals surface area contributed by atoms with Crippen molar-refractivity contribution in [2.75, 3.05) is 19.8 Å². The van der Waals surface area contributed by atoms with Crippen LogP contribution in [0.2, 0.25) is 0 Å². The maximum absolute atomic E-state index is 6.76. The summed E-state index contributed by atoms with van der Waals surface area (Å²) >= 11 is 0. The molecule has 0 spiro atoms. The Morgan fingerprint density at radius 1 is 0.155 bits per heavy atom. The zero-order chi connectivity index (χ0) is 69.2. The van der Waals surface area contributed by atoms with Gasteiger partial charge in [-0.3, -0.25) is 0 Å². The molecule has 0 aliphatic rings. The second kappa shape index (κ2) is 83.6. The third-order valence-corrected chi connectivity index (χ3v) is 22.2. The fourth-order valence-electron chi connectivity index (χ4n) is 15.3. The van der Waals surface area contributed by atoms with Crippen LogP contribution in [0.1, 0.15) is 547 Å². The Kier molecular flexibility index (Phi) is 80.7. The van der Waals surface area contributed by atoms with Gasteiger partial charge in [-0.05, 0) is 49.8 Å². The van der Waals surface area contributed by atoms with Crippen molar-refractivity contribution in [1.29, 1.82) is 0 Å². The zero-order valence-corrected chi connectivity index (χ0v) is 67.8. The second-order valence-electron chi connectivity index (χ2n) is 32.1. The Morgan fingerprint density at radius 3 is 0.443 bits per heavy atom. The molecule has 0 saturated carbocycles. The zero-order valence-electron chi connectivity index (χ0n) is 67.8. The Morgan fingerprint density at radius 2 is 0.289 bits per heavy atom. The molecule has 0 aromatic heterocycles. The standard InChI is InChI=1S/C94H182O3/c1-5-9-13-16-19-22-25-28-31-34-37-40-43-46-49-52-55-58-61-64-67-70-73-76-79-82-86-95-92-89-91(85-12-8-4)90-93(96-87-83-80-77-74-71-68-65-62-59-56-53-50-47-44-41-38-35-32-29-26-23-20-17-14-10-6-2)94(92)97-88-84-81-78-75-72-69-66-63-60-57-54-51-48-45-42-39-36-33-30-27-24-21-18-15-11-7-3/h89-90H,5-88H2,1-4H3. The van der Waals surface area contributed by atoms with Crippen molar-refractivity contribution in [1.82, 2.24) is 0 Å². The van der Waals surface area contributed by atoms with Crippen molar-refractivity contribution in [3.63, 3.8) is 0 Å². The lowest BCUT2D eigenvalue weighted by molar-refractivity contribution is 0.234. The van der Waals surface area contributed by atoms with Gasteiger partial charge in [0.15, 0.2) is 11.5 Å². The number of rotatable bonds is 87.